The molecule has 10 nitrogen and oxygen atoms in total. The van der Waals surface area contributed by atoms with Gasteiger partial charge in [-0.25, -0.2) is 0 Å². The first-order valence-corrected chi connectivity index (χ1v) is 13.1. The maximum Gasteiger partial charge on any atom is 0.303 e. The molecule has 10 heteroatoms. The fraction of sp³-hybridized carbons (Fsp3) is 0.692. The van der Waals surface area contributed by atoms with Crippen LogP contribution in [0.3, 0.4) is 0 Å². The Balaban J connectivity index is 1.24. The zero-order chi connectivity index (χ0) is 25.7. The van der Waals surface area contributed by atoms with Crippen LogP contribution in [0.15, 0.2) is 12.2 Å². The summed E-state index contributed by atoms with van der Waals surface area (Å²) in [5.41, 5.74) is 0. The Hall–Kier alpha value is -3.04. The van der Waals surface area contributed by atoms with Crippen LogP contribution in [0.2, 0.25) is 0 Å². The van der Waals surface area contributed by atoms with Crippen molar-refractivity contribution in [3.05, 3.63) is 12.2 Å². The molecular weight excluding hydrogens is 468 g/mol. The van der Waals surface area contributed by atoms with E-state index in [0.717, 1.165) is 0 Å². The summed E-state index contributed by atoms with van der Waals surface area (Å²) < 4.78 is 0. The van der Waals surface area contributed by atoms with Gasteiger partial charge in [0, 0.05) is 25.9 Å². The lowest BCUT2D eigenvalue weighted by Gasteiger charge is -2.60. The Kier molecular flexibility index (Phi) is 6.46. The van der Waals surface area contributed by atoms with Gasteiger partial charge in [-0.3, -0.25) is 38.6 Å². The van der Waals surface area contributed by atoms with Gasteiger partial charge < -0.3 is 10.2 Å². The van der Waals surface area contributed by atoms with Crippen LogP contribution in [0.4, 0.5) is 0 Å². The van der Waals surface area contributed by atoms with E-state index >= 15 is 0 Å². The molecule has 0 spiro atoms. The second kappa shape index (κ2) is 9.44. The summed E-state index contributed by atoms with van der Waals surface area (Å²) >= 11 is 0. The maximum atomic E-state index is 13.3. The zero-order valence-electron chi connectivity index (χ0n) is 20.1. The van der Waals surface area contributed by atoms with Crippen LogP contribution >= 0.6 is 0 Å². The molecule has 0 aromatic heterocycles. The van der Waals surface area contributed by atoms with E-state index in [1.807, 2.05) is 12.2 Å². The molecule has 194 valence electrons. The van der Waals surface area contributed by atoms with Gasteiger partial charge in [0.1, 0.15) is 0 Å². The van der Waals surface area contributed by atoms with Crippen LogP contribution in [0.25, 0.3) is 0 Å². The molecule has 0 radical (unpaired) electrons. The van der Waals surface area contributed by atoms with Crippen molar-refractivity contribution in [2.75, 3.05) is 13.1 Å². The number of amides is 4. The summed E-state index contributed by atoms with van der Waals surface area (Å²) in [7, 11) is 0. The largest absolute Gasteiger partial charge is 0.481 e. The van der Waals surface area contributed by atoms with Gasteiger partial charge in [-0.15, -0.1) is 0 Å². The van der Waals surface area contributed by atoms with Crippen LogP contribution < -0.4 is 0 Å². The Bertz CT molecular complexity index is 981. The van der Waals surface area contributed by atoms with E-state index in [1.54, 1.807) is 0 Å². The highest BCUT2D eigenvalue weighted by atomic mass is 16.4. The van der Waals surface area contributed by atoms with Gasteiger partial charge >= 0.3 is 11.9 Å². The van der Waals surface area contributed by atoms with Crippen LogP contribution in [-0.2, 0) is 28.8 Å². The molecule has 0 aromatic carbocycles. The maximum absolute atomic E-state index is 13.3. The average molecular weight is 501 g/mol. The summed E-state index contributed by atoms with van der Waals surface area (Å²) in [6.45, 7) is 0.562. The van der Waals surface area contributed by atoms with E-state index in [4.69, 9.17) is 10.2 Å². The van der Waals surface area contributed by atoms with E-state index < -0.39 is 35.6 Å². The third-order valence-corrected chi connectivity index (χ3v) is 9.07. The molecule has 4 fully saturated rings. The van der Waals surface area contributed by atoms with E-state index in [1.165, 1.54) is 9.80 Å². The van der Waals surface area contributed by atoms with E-state index in [9.17, 15) is 28.8 Å². The third kappa shape index (κ3) is 3.76. The van der Waals surface area contributed by atoms with Gasteiger partial charge in [0.2, 0.25) is 23.6 Å². The number of carboxylic acids is 2. The molecular formula is C26H32N2O8. The summed E-state index contributed by atoms with van der Waals surface area (Å²) in [5, 5.41) is 17.5. The normalized spacial score (nSPS) is 35.7. The number of imide groups is 2. The van der Waals surface area contributed by atoms with Crippen molar-refractivity contribution in [3.63, 3.8) is 0 Å². The molecule has 2 N–H and O–H groups in total. The van der Waals surface area contributed by atoms with Crippen LogP contribution in [0.5, 0.6) is 0 Å². The predicted molar refractivity (Wildman–Crippen MR) is 123 cm³/mol. The van der Waals surface area contributed by atoms with Gasteiger partial charge in [-0.2, -0.15) is 0 Å². The molecule has 6 aliphatic rings. The van der Waals surface area contributed by atoms with Crippen molar-refractivity contribution in [3.8, 4) is 0 Å². The average Bonchev–Trinajstić information content (AvgIpc) is 3.18. The molecule has 2 bridgehead atoms. The quantitative estimate of drug-likeness (QED) is 0.233. The lowest BCUT2D eigenvalue weighted by atomic mass is 9.40. The molecule has 2 heterocycles. The standard InChI is InChI=1S/C26H32N2O8/c29-15(30)7-3-1-5-11-27-23(33)19-13-9-10-14(20(19)24(27)34)18-17(13)21-22(18)26(36)28(25(21)35)12-6-2-4-8-16(31)32/h9-10,13-14,17-22H,1-8,11-12H2,(H,29,30)(H,31,32). The molecule has 4 amide bonds. The zero-order valence-corrected chi connectivity index (χ0v) is 20.1. The minimum atomic E-state index is -0.862. The number of carboxylic acid groups (broad SMARTS) is 2. The fourth-order valence-electron chi connectivity index (χ4n) is 7.61. The molecule has 6 rings (SSSR count). The lowest BCUT2D eigenvalue weighted by molar-refractivity contribution is -0.166. The number of carbonyl (C=O) groups is 6. The second-order valence-corrected chi connectivity index (χ2v) is 10.9. The number of unbranched alkanes of at least 4 members (excludes halogenated alkanes) is 4. The summed E-state index contributed by atoms with van der Waals surface area (Å²) in [6, 6.07) is 0. The molecule has 2 saturated heterocycles. The van der Waals surface area contributed by atoms with Gasteiger partial charge in [-0.05, 0) is 49.4 Å². The highest BCUT2D eigenvalue weighted by molar-refractivity contribution is 6.09. The number of aliphatic carboxylic acids is 2. The molecule has 8 atom stereocenters. The molecule has 2 saturated carbocycles. The SMILES string of the molecule is O=C(O)CCCCCN1C(=O)C2C3C=CC(C2C1=O)C1C2C(=O)N(CCCCCC(=O)O)C(=O)C2C31. The summed E-state index contributed by atoms with van der Waals surface area (Å²) in [5.74, 6) is -5.00. The van der Waals surface area contributed by atoms with E-state index in [2.05, 4.69) is 0 Å². The molecule has 4 aliphatic carbocycles. The number of nitrogens with zero attached hydrogens (tertiary/aromatic N) is 2. The number of rotatable bonds is 12. The van der Waals surface area contributed by atoms with Crippen LogP contribution in [0.1, 0.15) is 51.4 Å². The van der Waals surface area contributed by atoms with Gasteiger partial charge in [-0.1, -0.05) is 25.0 Å². The first kappa shape index (κ1) is 24.6. The monoisotopic (exact) mass is 500 g/mol. The Morgan fingerprint density at radius 2 is 0.944 bits per heavy atom. The van der Waals surface area contributed by atoms with E-state index in [0.29, 0.717) is 38.5 Å². The molecule has 36 heavy (non-hydrogen) atoms. The minimum Gasteiger partial charge on any atom is -0.481 e. The number of allylic oxidation sites excluding steroid dienone is 2. The number of hydrogen-bond donors (Lipinski definition) is 2. The van der Waals surface area contributed by atoms with Crippen molar-refractivity contribution in [2.24, 2.45) is 47.3 Å². The number of likely N-dealkylation sites (tertiary alicyclic amines) is 2. The highest BCUT2D eigenvalue weighted by Gasteiger charge is 2.74. The number of carbonyl (C=O) groups excluding carboxylic acids is 4. The van der Waals surface area contributed by atoms with E-state index in [-0.39, 0.29) is 73.2 Å². The summed E-state index contributed by atoms with van der Waals surface area (Å²) in [4.78, 5) is 77.1. The van der Waals surface area contributed by atoms with Crippen LogP contribution in [0, 0.1) is 47.3 Å². The molecule has 2 aliphatic heterocycles. The second-order valence-electron chi connectivity index (χ2n) is 10.9. The van der Waals surface area contributed by atoms with Crippen molar-refractivity contribution < 1.29 is 39.0 Å². The molecule has 0 aromatic rings. The first-order chi connectivity index (χ1) is 17.2. The smallest absolute Gasteiger partial charge is 0.303 e. The minimum absolute atomic E-state index is 0.0642. The Labute approximate surface area is 208 Å². The van der Waals surface area contributed by atoms with Gasteiger partial charge in [0.25, 0.3) is 0 Å². The Morgan fingerprint density at radius 3 is 1.31 bits per heavy atom. The first-order valence-electron chi connectivity index (χ1n) is 13.1. The highest BCUT2D eigenvalue weighted by Crippen LogP contribution is 2.68. The van der Waals surface area contributed by atoms with Gasteiger partial charge in [0.05, 0.1) is 23.7 Å². The lowest BCUT2D eigenvalue weighted by Crippen LogP contribution is -2.63. The predicted octanol–water partition coefficient (Wildman–Crippen LogP) is 1.54. The third-order valence-electron chi connectivity index (χ3n) is 9.07. The Morgan fingerprint density at radius 1 is 0.583 bits per heavy atom. The summed E-state index contributed by atoms with van der Waals surface area (Å²) in [6.07, 6.45) is 7.46. The van der Waals surface area contributed by atoms with Crippen molar-refractivity contribution >= 4 is 35.6 Å². The van der Waals surface area contributed by atoms with Crippen molar-refractivity contribution in [1.82, 2.24) is 9.80 Å². The number of fused-ring (bicyclic) bond motifs is 1. The van der Waals surface area contributed by atoms with Crippen LogP contribution in [-0.4, -0.2) is 68.7 Å². The topological polar surface area (TPSA) is 149 Å². The van der Waals surface area contributed by atoms with Crippen molar-refractivity contribution in [2.45, 2.75) is 51.4 Å². The molecule has 8 unspecified atom stereocenters. The van der Waals surface area contributed by atoms with Crippen molar-refractivity contribution in [1.29, 1.82) is 0 Å². The van der Waals surface area contributed by atoms with Gasteiger partial charge in [0.15, 0.2) is 0 Å². The fourth-order valence-corrected chi connectivity index (χ4v) is 7.61. The number of hydrogen-bond acceptors (Lipinski definition) is 6.